The molecule has 0 unspecified atom stereocenters. The molecule has 5 heteroatoms. The third-order valence-corrected chi connectivity index (χ3v) is 6.69. The lowest BCUT2D eigenvalue weighted by Gasteiger charge is -2.31. The average molecular weight is 310 g/mol. The van der Waals surface area contributed by atoms with Crippen LogP contribution in [0.3, 0.4) is 0 Å². The highest BCUT2D eigenvalue weighted by atomic mass is 32.2. The van der Waals surface area contributed by atoms with Gasteiger partial charge in [0.15, 0.2) is 0 Å². The summed E-state index contributed by atoms with van der Waals surface area (Å²) in [5, 5.41) is 3.07. The van der Waals surface area contributed by atoms with Gasteiger partial charge in [0.25, 0.3) is 0 Å². The first kappa shape index (κ1) is 16.3. The molecule has 0 heterocycles. The van der Waals surface area contributed by atoms with Crippen LogP contribution in [0.4, 0.5) is 5.69 Å². The monoisotopic (exact) mass is 310 g/mol. The number of hydrogen-bond donors (Lipinski definition) is 1. The van der Waals surface area contributed by atoms with E-state index in [1.54, 1.807) is 11.4 Å². The Balaban J connectivity index is 2.39. The van der Waals surface area contributed by atoms with Crippen LogP contribution in [0.2, 0.25) is 0 Å². The second-order valence-corrected chi connectivity index (χ2v) is 7.94. The number of rotatable bonds is 4. The van der Waals surface area contributed by atoms with Gasteiger partial charge in [-0.1, -0.05) is 19.3 Å². The molecule has 0 spiro atoms. The van der Waals surface area contributed by atoms with Gasteiger partial charge in [0.05, 0.1) is 4.90 Å². The lowest BCUT2D eigenvalue weighted by molar-refractivity contribution is 0.285. The summed E-state index contributed by atoms with van der Waals surface area (Å²) in [4.78, 5) is 0.467. The van der Waals surface area contributed by atoms with Crippen molar-refractivity contribution in [1.29, 1.82) is 0 Å². The quantitative estimate of drug-likeness (QED) is 0.928. The van der Waals surface area contributed by atoms with Crippen molar-refractivity contribution in [2.24, 2.45) is 0 Å². The topological polar surface area (TPSA) is 49.4 Å². The van der Waals surface area contributed by atoms with Crippen molar-refractivity contribution in [3.63, 3.8) is 0 Å². The summed E-state index contributed by atoms with van der Waals surface area (Å²) in [6.07, 6.45) is 5.42. The van der Waals surface area contributed by atoms with Gasteiger partial charge >= 0.3 is 0 Å². The largest absolute Gasteiger partial charge is 0.388 e. The molecular weight excluding hydrogens is 284 g/mol. The number of anilines is 1. The number of benzene rings is 1. The molecule has 1 aliphatic rings. The molecule has 1 aromatic rings. The summed E-state index contributed by atoms with van der Waals surface area (Å²) in [7, 11) is 0.157. The Kier molecular flexibility index (Phi) is 4.94. The third-order valence-electron chi connectivity index (χ3n) is 4.48. The van der Waals surface area contributed by atoms with Gasteiger partial charge < -0.3 is 5.32 Å². The molecule has 118 valence electrons. The van der Waals surface area contributed by atoms with Gasteiger partial charge in [-0.2, -0.15) is 4.31 Å². The van der Waals surface area contributed by atoms with Gasteiger partial charge in [-0.05, 0) is 49.9 Å². The molecule has 0 aromatic heterocycles. The van der Waals surface area contributed by atoms with Crippen molar-refractivity contribution >= 4 is 15.7 Å². The SMILES string of the molecule is CNc1cc(C)c(S(=O)(=O)N(C)C2CCCCC2)c(C)c1. The molecule has 0 aliphatic heterocycles. The molecule has 2 rings (SSSR count). The number of nitrogens with one attached hydrogen (secondary N) is 1. The summed E-state index contributed by atoms with van der Waals surface area (Å²) in [6.45, 7) is 3.74. The Morgan fingerprint density at radius 2 is 1.62 bits per heavy atom. The number of hydrogen-bond acceptors (Lipinski definition) is 3. The molecule has 21 heavy (non-hydrogen) atoms. The van der Waals surface area contributed by atoms with E-state index in [-0.39, 0.29) is 6.04 Å². The fraction of sp³-hybridized carbons (Fsp3) is 0.625. The first-order valence-corrected chi connectivity index (χ1v) is 9.09. The molecular formula is C16H26N2O2S. The van der Waals surface area contributed by atoms with E-state index in [9.17, 15) is 8.42 Å². The van der Waals surface area contributed by atoms with Crippen LogP contribution in [0.1, 0.15) is 43.2 Å². The van der Waals surface area contributed by atoms with E-state index in [1.807, 2.05) is 33.0 Å². The second-order valence-electron chi connectivity index (χ2n) is 6.00. The smallest absolute Gasteiger partial charge is 0.243 e. The van der Waals surface area contributed by atoms with Gasteiger partial charge in [-0.15, -0.1) is 0 Å². The molecule has 1 aromatic carbocycles. The van der Waals surface area contributed by atoms with Crippen LogP contribution in [0.5, 0.6) is 0 Å². The predicted molar refractivity (Wildman–Crippen MR) is 87.3 cm³/mol. The molecule has 0 bridgehead atoms. The van der Waals surface area contributed by atoms with Gasteiger partial charge in [-0.25, -0.2) is 8.42 Å². The van der Waals surface area contributed by atoms with E-state index in [4.69, 9.17) is 0 Å². The fourth-order valence-electron chi connectivity index (χ4n) is 3.29. The summed E-state index contributed by atoms with van der Waals surface area (Å²) >= 11 is 0. The minimum Gasteiger partial charge on any atom is -0.388 e. The van der Waals surface area contributed by atoms with E-state index >= 15 is 0 Å². The van der Waals surface area contributed by atoms with Gasteiger partial charge in [0.1, 0.15) is 0 Å². The van der Waals surface area contributed by atoms with Crippen LogP contribution in [0.25, 0.3) is 0 Å². The highest BCUT2D eigenvalue weighted by molar-refractivity contribution is 7.89. The van der Waals surface area contributed by atoms with Gasteiger partial charge in [0.2, 0.25) is 10.0 Å². The highest BCUT2D eigenvalue weighted by Crippen LogP contribution is 2.30. The summed E-state index contributed by atoms with van der Waals surface area (Å²) < 4.78 is 27.6. The van der Waals surface area contributed by atoms with Gasteiger partial charge in [0, 0.05) is 25.8 Å². The molecule has 0 atom stereocenters. The normalized spacial score (nSPS) is 17.2. The molecule has 1 saturated carbocycles. The molecule has 0 saturated heterocycles. The van der Waals surface area contributed by atoms with Crippen LogP contribution in [-0.2, 0) is 10.0 Å². The van der Waals surface area contributed by atoms with Crippen LogP contribution < -0.4 is 5.32 Å². The first-order valence-electron chi connectivity index (χ1n) is 7.65. The maximum absolute atomic E-state index is 13.0. The fourth-order valence-corrected chi connectivity index (χ4v) is 5.11. The van der Waals surface area contributed by atoms with E-state index in [0.717, 1.165) is 42.5 Å². The minimum atomic E-state index is -3.42. The van der Waals surface area contributed by atoms with Gasteiger partial charge in [-0.3, -0.25) is 0 Å². The van der Waals surface area contributed by atoms with E-state index in [2.05, 4.69) is 5.32 Å². The number of sulfonamides is 1. The second kappa shape index (κ2) is 6.36. The number of nitrogens with zero attached hydrogens (tertiary/aromatic N) is 1. The van der Waals surface area contributed by atoms with Crippen molar-refractivity contribution < 1.29 is 8.42 Å². The molecule has 1 N–H and O–H groups in total. The lowest BCUT2D eigenvalue weighted by Crippen LogP contribution is -2.38. The summed E-state index contributed by atoms with van der Waals surface area (Å²) in [5.41, 5.74) is 2.56. The zero-order chi connectivity index (χ0) is 15.6. The number of aryl methyl sites for hydroxylation is 2. The summed E-state index contributed by atoms with van der Waals surface area (Å²) in [5.74, 6) is 0. The Labute approximate surface area is 128 Å². The Morgan fingerprint density at radius 1 is 1.10 bits per heavy atom. The molecule has 0 radical (unpaired) electrons. The van der Waals surface area contributed by atoms with Crippen molar-refractivity contribution in [2.75, 3.05) is 19.4 Å². The predicted octanol–water partition coefficient (Wildman–Crippen LogP) is 3.30. The van der Waals surface area contributed by atoms with Crippen LogP contribution in [0, 0.1) is 13.8 Å². The molecule has 1 fully saturated rings. The third kappa shape index (κ3) is 3.24. The zero-order valence-electron chi connectivity index (χ0n) is 13.4. The molecule has 1 aliphatic carbocycles. The maximum atomic E-state index is 13.0. The molecule has 4 nitrogen and oxygen atoms in total. The maximum Gasteiger partial charge on any atom is 0.243 e. The highest BCUT2D eigenvalue weighted by Gasteiger charge is 2.31. The lowest BCUT2D eigenvalue weighted by atomic mass is 9.96. The Morgan fingerprint density at radius 3 is 2.10 bits per heavy atom. The van der Waals surface area contributed by atoms with Crippen molar-refractivity contribution in [2.45, 2.75) is 56.9 Å². The van der Waals surface area contributed by atoms with Crippen molar-refractivity contribution in [1.82, 2.24) is 4.31 Å². The average Bonchev–Trinajstić information content (AvgIpc) is 2.46. The van der Waals surface area contributed by atoms with Crippen molar-refractivity contribution in [3.05, 3.63) is 23.3 Å². The van der Waals surface area contributed by atoms with Crippen molar-refractivity contribution in [3.8, 4) is 0 Å². The summed E-state index contributed by atoms with van der Waals surface area (Å²) in [6, 6.07) is 3.94. The van der Waals surface area contributed by atoms with Crippen LogP contribution in [0.15, 0.2) is 17.0 Å². The Bertz CT molecular complexity index is 582. The van der Waals surface area contributed by atoms with Crippen LogP contribution in [-0.4, -0.2) is 32.9 Å². The standard InChI is InChI=1S/C16H26N2O2S/c1-12-10-14(17-3)11-13(2)16(12)21(19,20)18(4)15-8-6-5-7-9-15/h10-11,15,17H,5-9H2,1-4H3. The van der Waals surface area contributed by atoms with E-state index < -0.39 is 10.0 Å². The zero-order valence-corrected chi connectivity index (χ0v) is 14.3. The minimum absolute atomic E-state index is 0.145. The first-order chi connectivity index (χ1) is 9.87. The van der Waals surface area contributed by atoms with Crippen LogP contribution >= 0.6 is 0 Å². The van der Waals surface area contributed by atoms with E-state index in [1.165, 1.54) is 6.42 Å². The van der Waals surface area contributed by atoms with E-state index in [0.29, 0.717) is 4.90 Å². The molecule has 0 amide bonds. The Hall–Kier alpha value is -1.07.